The lowest BCUT2D eigenvalue weighted by Gasteiger charge is -2.14. The zero-order chi connectivity index (χ0) is 13.0. The molecule has 1 heterocycles. The number of alkyl halides is 2. The summed E-state index contributed by atoms with van der Waals surface area (Å²) in [6.45, 7) is 4.27. The van der Waals surface area contributed by atoms with Gasteiger partial charge in [0, 0.05) is 18.5 Å². The highest BCUT2D eigenvalue weighted by molar-refractivity contribution is 7.15. The summed E-state index contributed by atoms with van der Waals surface area (Å²) in [7, 11) is 1.63. The van der Waals surface area contributed by atoms with Crippen LogP contribution in [0.2, 0.25) is 0 Å². The Labute approximate surface area is 105 Å². The van der Waals surface area contributed by atoms with Crippen LogP contribution in [0.3, 0.4) is 0 Å². The van der Waals surface area contributed by atoms with Gasteiger partial charge in [-0.2, -0.15) is 0 Å². The molecule has 1 aromatic heterocycles. The van der Waals surface area contributed by atoms with Crippen molar-refractivity contribution in [3.05, 3.63) is 10.6 Å². The van der Waals surface area contributed by atoms with E-state index in [1.54, 1.807) is 7.05 Å². The van der Waals surface area contributed by atoms with Crippen LogP contribution >= 0.6 is 11.3 Å². The fourth-order valence-corrected chi connectivity index (χ4v) is 2.55. The van der Waals surface area contributed by atoms with Gasteiger partial charge in [-0.25, -0.2) is 13.8 Å². The maximum Gasteiger partial charge on any atom is 0.255 e. The molecule has 6 heteroatoms. The minimum absolute atomic E-state index is 0.294. The zero-order valence-corrected chi connectivity index (χ0v) is 11.2. The van der Waals surface area contributed by atoms with Gasteiger partial charge >= 0.3 is 0 Å². The third kappa shape index (κ3) is 3.61. The number of rotatable bonds is 6. The van der Waals surface area contributed by atoms with Crippen molar-refractivity contribution >= 4 is 16.5 Å². The molecule has 0 aliphatic rings. The molecule has 17 heavy (non-hydrogen) atoms. The van der Waals surface area contributed by atoms with Crippen molar-refractivity contribution in [3.63, 3.8) is 0 Å². The second-order valence-electron chi connectivity index (χ2n) is 4.09. The van der Waals surface area contributed by atoms with Gasteiger partial charge in [-0.3, -0.25) is 0 Å². The fraction of sp³-hybridized carbons (Fsp3) is 0.727. The van der Waals surface area contributed by atoms with Crippen molar-refractivity contribution in [2.45, 2.75) is 39.2 Å². The lowest BCUT2D eigenvalue weighted by molar-refractivity contribution is 0.156. The van der Waals surface area contributed by atoms with Crippen LogP contribution in [0.1, 0.15) is 36.8 Å². The number of halogens is 2. The number of nitrogens with zero attached hydrogens (tertiary/aromatic N) is 2. The van der Waals surface area contributed by atoms with Crippen molar-refractivity contribution in [2.75, 3.05) is 18.5 Å². The monoisotopic (exact) mass is 263 g/mol. The van der Waals surface area contributed by atoms with Gasteiger partial charge in [-0.15, -0.1) is 11.3 Å². The first kappa shape index (κ1) is 14.3. The molecule has 2 N–H and O–H groups in total. The second-order valence-corrected chi connectivity index (χ2v) is 5.15. The molecule has 0 radical (unpaired) electrons. The summed E-state index contributed by atoms with van der Waals surface area (Å²) < 4.78 is 24.6. The number of anilines is 1. The van der Waals surface area contributed by atoms with E-state index in [1.807, 2.05) is 0 Å². The molecule has 0 aliphatic carbocycles. The molecule has 0 amide bonds. The Balaban J connectivity index is 2.91. The minimum Gasteiger partial charge on any atom is -0.345 e. The van der Waals surface area contributed by atoms with Crippen molar-refractivity contribution < 1.29 is 8.78 Å². The molecule has 1 unspecified atom stereocenters. The highest BCUT2D eigenvalue weighted by Crippen LogP contribution is 2.31. The predicted molar refractivity (Wildman–Crippen MR) is 68.0 cm³/mol. The molecular weight excluding hydrogens is 244 g/mol. The van der Waals surface area contributed by atoms with Gasteiger partial charge < -0.3 is 10.6 Å². The van der Waals surface area contributed by atoms with Crippen molar-refractivity contribution in [3.8, 4) is 0 Å². The molecule has 1 rings (SSSR count). The molecule has 1 aromatic rings. The van der Waals surface area contributed by atoms with Gasteiger partial charge in [0.1, 0.15) is 0 Å². The number of thiazole rings is 1. The van der Waals surface area contributed by atoms with E-state index >= 15 is 0 Å². The van der Waals surface area contributed by atoms with Crippen LogP contribution in [0.15, 0.2) is 0 Å². The zero-order valence-electron chi connectivity index (χ0n) is 10.4. The standard InChI is InChI=1S/C11H19F2N3S/c1-4-7(2)10-8(5-14)17-11(15-10)16(3)6-9(12)13/h7,9H,4-6,14H2,1-3H3. The van der Waals surface area contributed by atoms with Gasteiger partial charge in [0.25, 0.3) is 6.43 Å². The molecule has 0 spiro atoms. The maximum atomic E-state index is 12.3. The molecule has 0 fully saturated rings. The van der Waals surface area contributed by atoms with Crippen molar-refractivity contribution in [1.82, 2.24) is 4.98 Å². The first-order valence-corrected chi connectivity index (χ1v) is 6.50. The smallest absolute Gasteiger partial charge is 0.255 e. The van der Waals surface area contributed by atoms with Crippen LogP contribution in [0, 0.1) is 0 Å². The summed E-state index contributed by atoms with van der Waals surface area (Å²) in [4.78, 5) is 6.92. The Bertz CT molecular complexity index is 354. The lowest BCUT2D eigenvalue weighted by Crippen LogP contribution is -2.23. The van der Waals surface area contributed by atoms with E-state index < -0.39 is 6.43 Å². The van der Waals surface area contributed by atoms with E-state index in [0.29, 0.717) is 17.6 Å². The molecule has 3 nitrogen and oxygen atoms in total. The third-order valence-corrected chi connectivity index (χ3v) is 3.93. The molecule has 98 valence electrons. The van der Waals surface area contributed by atoms with Gasteiger partial charge in [-0.1, -0.05) is 13.8 Å². The normalized spacial score (nSPS) is 13.1. The number of hydrogen-bond donors (Lipinski definition) is 1. The first-order valence-electron chi connectivity index (χ1n) is 5.68. The topological polar surface area (TPSA) is 42.2 Å². The summed E-state index contributed by atoms with van der Waals surface area (Å²) in [5, 5.41) is 0.626. The number of nitrogens with two attached hydrogens (primary N) is 1. The number of aromatic nitrogens is 1. The fourth-order valence-electron chi connectivity index (χ4n) is 1.52. The highest BCUT2D eigenvalue weighted by Gasteiger charge is 2.18. The molecular formula is C11H19F2N3S. The number of hydrogen-bond acceptors (Lipinski definition) is 4. The molecule has 0 saturated heterocycles. The summed E-state index contributed by atoms with van der Waals surface area (Å²) in [5.74, 6) is 0.318. The van der Waals surface area contributed by atoms with Crippen LogP contribution < -0.4 is 10.6 Å². The van der Waals surface area contributed by atoms with Crippen LogP contribution in [0.4, 0.5) is 13.9 Å². The lowest BCUT2D eigenvalue weighted by atomic mass is 10.0. The Hall–Kier alpha value is -0.750. The summed E-state index contributed by atoms with van der Waals surface area (Å²) in [6, 6.07) is 0. The Kier molecular flexibility index (Phi) is 5.27. The Morgan fingerprint density at radius 1 is 1.47 bits per heavy atom. The minimum atomic E-state index is -2.35. The summed E-state index contributed by atoms with van der Waals surface area (Å²) in [6.07, 6.45) is -1.38. The van der Waals surface area contributed by atoms with E-state index in [1.165, 1.54) is 16.2 Å². The first-order chi connectivity index (χ1) is 7.99. The van der Waals surface area contributed by atoms with Crippen LogP contribution in [0.5, 0.6) is 0 Å². The summed E-state index contributed by atoms with van der Waals surface area (Å²) in [5.41, 5.74) is 6.62. The Morgan fingerprint density at radius 3 is 2.59 bits per heavy atom. The van der Waals surface area contributed by atoms with E-state index in [0.717, 1.165) is 17.0 Å². The van der Waals surface area contributed by atoms with Crippen LogP contribution in [0.25, 0.3) is 0 Å². The van der Waals surface area contributed by atoms with Crippen molar-refractivity contribution in [1.29, 1.82) is 0 Å². The van der Waals surface area contributed by atoms with E-state index in [9.17, 15) is 8.78 Å². The second kappa shape index (κ2) is 6.26. The van der Waals surface area contributed by atoms with Crippen molar-refractivity contribution in [2.24, 2.45) is 5.73 Å². The molecule has 0 aliphatic heterocycles. The summed E-state index contributed by atoms with van der Waals surface area (Å²) >= 11 is 1.41. The molecule has 0 aromatic carbocycles. The van der Waals surface area contributed by atoms with E-state index in [4.69, 9.17) is 5.73 Å². The third-order valence-electron chi connectivity index (χ3n) is 2.72. The average molecular weight is 263 g/mol. The maximum absolute atomic E-state index is 12.3. The van der Waals surface area contributed by atoms with E-state index in [-0.39, 0.29) is 6.54 Å². The molecule has 0 bridgehead atoms. The van der Waals surface area contributed by atoms with Gasteiger partial charge in [0.15, 0.2) is 5.13 Å². The van der Waals surface area contributed by atoms with Gasteiger partial charge in [0.05, 0.1) is 12.2 Å². The quantitative estimate of drug-likeness (QED) is 0.858. The largest absolute Gasteiger partial charge is 0.345 e. The molecule has 1 atom stereocenters. The Morgan fingerprint density at radius 2 is 2.12 bits per heavy atom. The average Bonchev–Trinajstić information content (AvgIpc) is 2.71. The highest BCUT2D eigenvalue weighted by atomic mass is 32.1. The van der Waals surface area contributed by atoms with Crippen LogP contribution in [-0.4, -0.2) is 25.0 Å². The SMILES string of the molecule is CCC(C)c1nc(N(C)CC(F)F)sc1CN. The van der Waals surface area contributed by atoms with Gasteiger partial charge in [0.2, 0.25) is 0 Å². The van der Waals surface area contributed by atoms with Gasteiger partial charge in [-0.05, 0) is 12.3 Å². The van der Waals surface area contributed by atoms with Crippen LogP contribution in [-0.2, 0) is 6.54 Å². The van der Waals surface area contributed by atoms with E-state index in [2.05, 4.69) is 18.8 Å². The predicted octanol–water partition coefficient (Wildman–Crippen LogP) is 2.82. The molecule has 0 saturated carbocycles.